The van der Waals surface area contributed by atoms with Crippen LogP contribution in [0.2, 0.25) is 5.02 Å². The Labute approximate surface area is 168 Å². The highest BCUT2D eigenvalue weighted by Crippen LogP contribution is 2.23. The summed E-state index contributed by atoms with van der Waals surface area (Å²) >= 11 is 5.98. The molecule has 1 atom stereocenters. The van der Waals surface area contributed by atoms with Gasteiger partial charge in [0.15, 0.2) is 0 Å². The summed E-state index contributed by atoms with van der Waals surface area (Å²) in [4.78, 5) is 17.1. The molecule has 3 aromatic rings. The van der Waals surface area contributed by atoms with Gasteiger partial charge < -0.3 is 9.88 Å². The van der Waals surface area contributed by atoms with Crippen molar-refractivity contribution in [2.45, 2.75) is 6.04 Å². The molecule has 0 aliphatic carbocycles. The van der Waals surface area contributed by atoms with Gasteiger partial charge in [0.1, 0.15) is 11.9 Å². The number of sulfonamides is 1. The standard InChI is InChI=1S/C19H19ClN4O3S/c1-24-12-11-21-18(24)17(13-3-7-15(20)8-4-13)22-19(25)14-5-9-16(10-6-14)23-28(2,26)27/h3-12,17,23H,1-2H3,(H,22,25)/t17-/m0/s1. The summed E-state index contributed by atoms with van der Waals surface area (Å²) in [5, 5.41) is 3.58. The van der Waals surface area contributed by atoms with Crippen molar-refractivity contribution < 1.29 is 13.2 Å². The highest BCUT2D eigenvalue weighted by molar-refractivity contribution is 7.92. The molecule has 3 rings (SSSR count). The quantitative estimate of drug-likeness (QED) is 0.643. The van der Waals surface area contributed by atoms with Crippen LogP contribution in [0.5, 0.6) is 0 Å². The van der Waals surface area contributed by atoms with E-state index in [1.807, 2.05) is 23.7 Å². The number of carbonyl (C=O) groups excluding carboxylic acids is 1. The Morgan fingerprint density at radius 3 is 2.29 bits per heavy atom. The summed E-state index contributed by atoms with van der Waals surface area (Å²) in [6, 6.07) is 12.9. The van der Waals surface area contributed by atoms with Crippen LogP contribution in [0.4, 0.5) is 5.69 Å². The molecule has 0 radical (unpaired) electrons. The fourth-order valence-electron chi connectivity index (χ4n) is 2.73. The summed E-state index contributed by atoms with van der Waals surface area (Å²) < 4.78 is 26.8. The third-order valence-corrected chi connectivity index (χ3v) is 4.90. The van der Waals surface area contributed by atoms with E-state index in [-0.39, 0.29) is 5.91 Å². The molecule has 28 heavy (non-hydrogen) atoms. The number of aryl methyl sites for hydroxylation is 1. The van der Waals surface area contributed by atoms with Gasteiger partial charge in [-0.3, -0.25) is 9.52 Å². The predicted octanol–water partition coefficient (Wildman–Crippen LogP) is 2.96. The fourth-order valence-corrected chi connectivity index (χ4v) is 3.42. The molecule has 146 valence electrons. The summed E-state index contributed by atoms with van der Waals surface area (Å²) in [5.41, 5.74) is 1.62. The number of anilines is 1. The molecule has 2 N–H and O–H groups in total. The molecule has 0 aliphatic heterocycles. The van der Waals surface area contributed by atoms with Crippen molar-refractivity contribution in [1.29, 1.82) is 0 Å². The van der Waals surface area contributed by atoms with E-state index in [1.165, 1.54) is 12.1 Å². The number of nitrogens with one attached hydrogen (secondary N) is 2. The van der Waals surface area contributed by atoms with Crippen molar-refractivity contribution in [3.8, 4) is 0 Å². The molecule has 1 aromatic heterocycles. The highest BCUT2D eigenvalue weighted by Gasteiger charge is 2.21. The van der Waals surface area contributed by atoms with E-state index < -0.39 is 16.1 Å². The van der Waals surface area contributed by atoms with Crippen LogP contribution in [0, 0.1) is 0 Å². The number of hydrogen-bond acceptors (Lipinski definition) is 4. The highest BCUT2D eigenvalue weighted by atomic mass is 35.5. The maximum atomic E-state index is 12.8. The van der Waals surface area contributed by atoms with Gasteiger partial charge in [-0.2, -0.15) is 0 Å². The average molecular weight is 419 g/mol. The Balaban J connectivity index is 1.85. The van der Waals surface area contributed by atoms with Crippen LogP contribution in [0.25, 0.3) is 0 Å². The van der Waals surface area contributed by atoms with E-state index >= 15 is 0 Å². The predicted molar refractivity (Wildman–Crippen MR) is 109 cm³/mol. The van der Waals surface area contributed by atoms with Crippen LogP contribution in [-0.4, -0.2) is 30.1 Å². The minimum absolute atomic E-state index is 0.311. The number of nitrogens with zero attached hydrogens (tertiary/aromatic N) is 2. The molecule has 9 heteroatoms. The summed E-state index contributed by atoms with van der Waals surface area (Å²) in [7, 11) is -1.53. The lowest BCUT2D eigenvalue weighted by Gasteiger charge is -2.19. The normalized spacial score (nSPS) is 12.4. The minimum atomic E-state index is -3.38. The maximum absolute atomic E-state index is 12.8. The Kier molecular flexibility index (Phi) is 5.71. The smallest absolute Gasteiger partial charge is 0.252 e. The summed E-state index contributed by atoms with van der Waals surface area (Å²) in [6.45, 7) is 0. The third-order valence-electron chi connectivity index (χ3n) is 4.05. The van der Waals surface area contributed by atoms with Crippen LogP contribution < -0.4 is 10.0 Å². The summed E-state index contributed by atoms with van der Waals surface area (Å²) in [6.07, 6.45) is 4.53. The van der Waals surface area contributed by atoms with E-state index in [0.29, 0.717) is 22.1 Å². The van der Waals surface area contributed by atoms with Gasteiger partial charge in [-0.15, -0.1) is 0 Å². The Bertz CT molecular complexity index is 1080. The monoisotopic (exact) mass is 418 g/mol. The zero-order chi connectivity index (χ0) is 20.3. The molecule has 7 nitrogen and oxygen atoms in total. The first kappa shape index (κ1) is 19.9. The number of amides is 1. The lowest BCUT2D eigenvalue weighted by atomic mass is 10.1. The Hall–Kier alpha value is -2.84. The number of halogens is 1. The van der Waals surface area contributed by atoms with Crippen molar-refractivity contribution >= 4 is 33.2 Å². The van der Waals surface area contributed by atoms with Crippen LogP contribution in [0.15, 0.2) is 60.9 Å². The molecule has 0 bridgehead atoms. The second-order valence-corrected chi connectivity index (χ2v) is 8.49. The summed E-state index contributed by atoms with van der Waals surface area (Å²) in [5.74, 6) is 0.361. The average Bonchev–Trinajstić information content (AvgIpc) is 3.05. The molecule has 0 saturated heterocycles. The van der Waals surface area contributed by atoms with Crippen LogP contribution >= 0.6 is 11.6 Å². The Morgan fingerprint density at radius 1 is 1.11 bits per heavy atom. The SMILES string of the molecule is Cn1ccnc1[C@@H](NC(=O)c1ccc(NS(C)(=O)=O)cc1)c1ccc(Cl)cc1. The lowest BCUT2D eigenvalue weighted by Crippen LogP contribution is -2.31. The topological polar surface area (TPSA) is 93.1 Å². The number of carbonyl (C=O) groups is 1. The van der Waals surface area contributed by atoms with Crippen molar-refractivity contribution in [1.82, 2.24) is 14.9 Å². The van der Waals surface area contributed by atoms with Gasteiger partial charge in [-0.25, -0.2) is 13.4 Å². The number of imidazole rings is 1. The zero-order valence-corrected chi connectivity index (χ0v) is 16.8. The number of hydrogen-bond donors (Lipinski definition) is 2. The van der Waals surface area contributed by atoms with Crippen molar-refractivity contribution in [3.63, 3.8) is 0 Å². The largest absolute Gasteiger partial charge is 0.338 e. The number of aromatic nitrogens is 2. The van der Waals surface area contributed by atoms with Crippen molar-refractivity contribution in [2.75, 3.05) is 11.0 Å². The molecule has 0 aliphatic rings. The lowest BCUT2D eigenvalue weighted by molar-refractivity contribution is 0.0941. The van der Waals surface area contributed by atoms with Gasteiger partial charge in [-0.1, -0.05) is 23.7 Å². The van der Waals surface area contributed by atoms with Gasteiger partial charge in [0, 0.05) is 35.7 Å². The van der Waals surface area contributed by atoms with Gasteiger partial charge in [-0.05, 0) is 42.0 Å². The van der Waals surface area contributed by atoms with E-state index in [0.717, 1.165) is 11.8 Å². The Morgan fingerprint density at radius 2 is 1.75 bits per heavy atom. The molecule has 2 aromatic carbocycles. The van der Waals surface area contributed by atoms with E-state index in [4.69, 9.17) is 11.6 Å². The first-order chi connectivity index (χ1) is 13.2. The molecule has 1 heterocycles. The maximum Gasteiger partial charge on any atom is 0.252 e. The molecule has 1 amide bonds. The fraction of sp³-hybridized carbons (Fsp3) is 0.158. The number of rotatable bonds is 6. The van der Waals surface area contributed by atoms with E-state index in [2.05, 4.69) is 15.0 Å². The molecule has 0 unspecified atom stereocenters. The molecular weight excluding hydrogens is 400 g/mol. The van der Waals surface area contributed by atoms with Crippen LogP contribution in [0.1, 0.15) is 27.8 Å². The molecule has 0 spiro atoms. The first-order valence-corrected chi connectivity index (χ1v) is 10.6. The van der Waals surface area contributed by atoms with Gasteiger partial charge in [0.2, 0.25) is 10.0 Å². The second-order valence-electron chi connectivity index (χ2n) is 6.31. The molecule has 0 saturated carbocycles. The van der Waals surface area contributed by atoms with E-state index in [9.17, 15) is 13.2 Å². The third kappa shape index (κ3) is 4.90. The second kappa shape index (κ2) is 8.04. The molecular formula is C19H19ClN4O3S. The van der Waals surface area contributed by atoms with Crippen LogP contribution in [0.3, 0.4) is 0 Å². The van der Waals surface area contributed by atoms with Crippen molar-refractivity contribution in [2.24, 2.45) is 7.05 Å². The number of benzene rings is 2. The first-order valence-electron chi connectivity index (χ1n) is 8.34. The minimum Gasteiger partial charge on any atom is -0.338 e. The van der Waals surface area contributed by atoms with Gasteiger partial charge in [0.05, 0.1) is 6.26 Å². The van der Waals surface area contributed by atoms with Crippen molar-refractivity contribution in [3.05, 3.63) is 82.9 Å². The van der Waals surface area contributed by atoms with Crippen LogP contribution in [-0.2, 0) is 17.1 Å². The van der Waals surface area contributed by atoms with E-state index in [1.54, 1.807) is 36.7 Å². The van der Waals surface area contributed by atoms with Gasteiger partial charge >= 0.3 is 0 Å². The van der Waals surface area contributed by atoms with Gasteiger partial charge in [0.25, 0.3) is 5.91 Å². The zero-order valence-electron chi connectivity index (χ0n) is 15.3. The molecule has 0 fully saturated rings.